The monoisotopic (exact) mass is 279 g/mol. The Labute approximate surface area is 113 Å². The number of nitrogens with zero attached hydrogens (tertiary/aromatic N) is 3. The van der Waals surface area contributed by atoms with Crippen LogP contribution in [0.2, 0.25) is 10.0 Å². The van der Waals surface area contributed by atoms with Gasteiger partial charge in [-0.25, -0.2) is 0 Å². The third-order valence-electron chi connectivity index (χ3n) is 2.07. The largest absolute Gasteiger partial charge is 0.457 e. The molecule has 0 saturated carbocycles. The van der Waals surface area contributed by atoms with E-state index in [-0.39, 0.29) is 0 Å². The zero-order valence-electron chi connectivity index (χ0n) is 9.05. The van der Waals surface area contributed by atoms with E-state index in [1.54, 1.807) is 42.5 Å². The van der Waals surface area contributed by atoms with Crippen LogP contribution in [-0.4, -0.2) is 0 Å². The smallest absolute Gasteiger partial charge is 0.130 e. The predicted octanol–water partition coefficient (Wildman–Crippen LogP) is 5.73. The average molecular weight is 280 g/mol. The molecule has 90 valence electrons. The van der Waals surface area contributed by atoms with Gasteiger partial charge in [0.15, 0.2) is 0 Å². The number of azide groups is 1. The predicted molar refractivity (Wildman–Crippen MR) is 71.8 cm³/mol. The minimum absolute atomic E-state index is 0.503. The first-order chi connectivity index (χ1) is 8.67. The van der Waals surface area contributed by atoms with Gasteiger partial charge in [-0.1, -0.05) is 28.3 Å². The van der Waals surface area contributed by atoms with Gasteiger partial charge in [0.25, 0.3) is 0 Å². The third kappa shape index (κ3) is 3.31. The van der Waals surface area contributed by atoms with Crippen LogP contribution in [0.4, 0.5) is 5.69 Å². The van der Waals surface area contributed by atoms with Gasteiger partial charge in [0.1, 0.15) is 11.5 Å². The Kier molecular flexibility index (Phi) is 3.95. The van der Waals surface area contributed by atoms with Crippen LogP contribution >= 0.6 is 23.2 Å². The van der Waals surface area contributed by atoms with Crippen molar-refractivity contribution in [1.82, 2.24) is 0 Å². The van der Waals surface area contributed by atoms with Crippen molar-refractivity contribution in [3.63, 3.8) is 0 Å². The molecule has 0 amide bonds. The summed E-state index contributed by atoms with van der Waals surface area (Å²) in [6.07, 6.45) is 0. The van der Waals surface area contributed by atoms with Crippen LogP contribution in [0.3, 0.4) is 0 Å². The van der Waals surface area contributed by atoms with Gasteiger partial charge >= 0.3 is 0 Å². The van der Waals surface area contributed by atoms with Crippen molar-refractivity contribution in [2.45, 2.75) is 0 Å². The quantitative estimate of drug-likeness (QED) is 0.402. The van der Waals surface area contributed by atoms with Crippen molar-refractivity contribution in [3.05, 3.63) is 63.0 Å². The molecule has 4 nitrogen and oxygen atoms in total. The lowest BCUT2D eigenvalue weighted by Crippen LogP contribution is -1.83. The van der Waals surface area contributed by atoms with E-state index in [9.17, 15) is 0 Å². The lowest BCUT2D eigenvalue weighted by molar-refractivity contribution is 0.483. The Hall–Kier alpha value is -1.87. The van der Waals surface area contributed by atoms with Crippen molar-refractivity contribution < 1.29 is 4.74 Å². The van der Waals surface area contributed by atoms with Gasteiger partial charge in [-0.3, -0.25) is 0 Å². The molecule has 0 bridgehead atoms. The lowest BCUT2D eigenvalue weighted by atomic mass is 10.3. The van der Waals surface area contributed by atoms with Crippen molar-refractivity contribution in [2.75, 3.05) is 0 Å². The van der Waals surface area contributed by atoms with E-state index in [1.165, 1.54) is 0 Å². The molecule has 0 aliphatic rings. The molecule has 0 N–H and O–H groups in total. The molecular formula is C12H7Cl2N3O. The molecule has 2 rings (SSSR count). The fraction of sp³-hybridized carbons (Fsp3) is 0. The molecule has 0 saturated heterocycles. The summed E-state index contributed by atoms with van der Waals surface area (Å²) < 4.78 is 5.57. The topological polar surface area (TPSA) is 58.0 Å². The second-order valence-electron chi connectivity index (χ2n) is 3.39. The Morgan fingerprint density at radius 3 is 2.11 bits per heavy atom. The highest BCUT2D eigenvalue weighted by Gasteiger charge is 2.01. The molecule has 6 heteroatoms. The van der Waals surface area contributed by atoms with E-state index in [0.717, 1.165) is 0 Å². The number of rotatable bonds is 3. The Morgan fingerprint density at radius 1 is 0.944 bits per heavy atom. The van der Waals surface area contributed by atoms with E-state index in [0.29, 0.717) is 27.2 Å². The van der Waals surface area contributed by atoms with Crippen LogP contribution in [0.15, 0.2) is 47.6 Å². The zero-order valence-corrected chi connectivity index (χ0v) is 10.6. The van der Waals surface area contributed by atoms with Crippen LogP contribution in [0.1, 0.15) is 0 Å². The normalized spacial score (nSPS) is 9.67. The molecule has 18 heavy (non-hydrogen) atoms. The molecule has 2 aromatic rings. The molecule has 0 spiro atoms. The number of hydrogen-bond acceptors (Lipinski definition) is 2. The fourth-order valence-electron chi connectivity index (χ4n) is 1.36. The summed E-state index contributed by atoms with van der Waals surface area (Å²) >= 11 is 11.7. The van der Waals surface area contributed by atoms with Crippen LogP contribution in [0.25, 0.3) is 10.4 Å². The van der Waals surface area contributed by atoms with Crippen LogP contribution in [0, 0.1) is 0 Å². The van der Waals surface area contributed by atoms with Crippen molar-refractivity contribution in [1.29, 1.82) is 0 Å². The van der Waals surface area contributed by atoms with Gasteiger partial charge in [0.2, 0.25) is 0 Å². The van der Waals surface area contributed by atoms with Gasteiger partial charge in [-0.15, -0.1) is 0 Å². The first-order valence-electron chi connectivity index (χ1n) is 4.96. The summed E-state index contributed by atoms with van der Waals surface area (Å²) in [6, 6.07) is 11.6. The maximum absolute atomic E-state index is 8.28. The molecule has 0 fully saturated rings. The van der Waals surface area contributed by atoms with E-state index >= 15 is 0 Å². The maximum Gasteiger partial charge on any atom is 0.130 e. The van der Waals surface area contributed by atoms with Crippen molar-refractivity contribution in [2.24, 2.45) is 5.11 Å². The molecule has 0 aromatic heterocycles. The summed E-state index contributed by atoms with van der Waals surface area (Å²) in [5, 5.41) is 4.47. The molecular weight excluding hydrogens is 273 g/mol. The van der Waals surface area contributed by atoms with E-state index in [2.05, 4.69) is 10.0 Å². The molecule has 0 atom stereocenters. The summed E-state index contributed by atoms with van der Waals surface area (Å²) in [4.78, 5) is 2.69. The molecule has 0 unspecified atom stereocenters. The minimum atomic E-state index is 0.503. The number of halogens is 2. The highest BCUT2D eigenvalue weighted by Crippen LogP contribution is 2.29. The third-order valence-corrected chi connectivity index (χ3v) is 2.51. The first-order valence-corrected chi connectivity index (χ1v) is 5.72. The minimum Gasteiger partial charge on any atom is -0.457 e. The maximum atomic E-state index is 8.28. The van der Waals surface area contributed by atoms with E-state index in [4.69, 9.17) is 33.5 Å². The molecule has 0 radical (unpaired) electrons. The van der Waals surface area contributed by atoms with Gasteiger partial charge < -0.3 is 4.74 Å². The summed E-state index contributed by atoms with van der Waals surface area (Å²) in [7, 11) is 0. The van der Waals surface area contributed by atoms with Crippen molar-refractivity contribution >= 4 is 28.9 Å². The zero-order chi connectivity index (χ0) is 13.0. The standard InChI is InChI=1S/C12H7Cl2N3O/c13-8-5-9(14)7-12(6-8)18-11-3-1-10(2-4-11)16-17-15/h1-7H. The van der Waals surface area contributed by atoms with Crippen LogP contribution < -0.4 is 4.74 Å². The Morgan fingerprint density at radius 2 is 1.56 bits per heavy atom. The summed E-state index contributed by atoms with van der Waals surface area (Å²) in [5.74, 6) is 1.15. The number of benzene rings is 2. The van der Waals surface area contributed by atoms with Crippen molar-refractivity contribution in [3.8, 4) is 11.5 Å². The second kappa shape index (κ2) is 5.65. The first kappa shape index (κ1) is 12.6. The molecule has 0 aliphatic carbocycles. The highest BCUT2D eigenvalue weighted by molar-refractivity contribution is 6.34. The molecule has 2 aromatic carbocycles. The number of ether oxygens (including phenoxy) is 1. The summed E-state index contributed by atoms with van der Waals surface area (Å²) in [5.41, 5.74) is 8.81. The van der Waals surface area contributed by atoms with Gasteiger partial charge in [-0.05, 0) is 48.0 Å². The van der Waals surface area contributed by atoms with Crippen LogP contribution in [-0.2, 0) is 0 Å². The van der Waals surface area contributed by atoms with E-state index < -0.39 is 0 Å². The fourth-order valence-corrected chi connectivity index (χ4v) is 1.86. The van der Waals surface area contributed by atoms with Gasteiger partial charge in [0.05, 0.1) is 0 Å². The van der Waals surface area contributed by atoms with Gasteiger partial charge in [0, 0.05) is 20.6 Å². The number of hydrogen-bond donors (Lipinski definition) is 0. The summed E-state index contributed by atoms with van der Waals surface area (Å²) in [6.45, 7) is 0. The molecule has 0 aliphatic heterocycles. The van der Waals surface area contributed by atoms with Crippen LogP contribution in [0.5, 0.6) is 11.5 Å². The Balaban J connectivity index is 2.20. The van der Waals surface area contributed by atoms with Gasteiger partial charge in [-0.2, -0.15) is 0 Å². The molecule has 0 heterocycles. The SMILES string of the molecule is [N-]=[N+]=Nc1ccc(Oc2cc(Cl)cc(Cl)c2)cc1. The average Bonchev–Trinajstić information content (AvgIpc) is 2.31. The van der Waals surface area contributed by atoms with E-state index in [1.807, 2.05) is 0 Å². The Bertz CT molecular complexity index is 587. The lowest BCUT2D eigenvalue weighted by Gasteiger charge is -2.06. The highest BCUT2D eigenvalue weighted by atomic mass is 35.5. The second-order valence-corrected chi connectivity index (χ2v) is 4.26.